The van der Waals surface area contributed by atoms with Crippen LogP contribution in [-0.4, -0.2) is 129 Å². The summed E-state index contributed by atoms with van der Waals surface area (Å²) >= 11 is 0. The minimum Gasteiger partial charge on any atom is -0.460 e. The van der Waals surface area contributed by atoms with Gasteiger partial charge in [-0.25, -0.2) is 4.79 Å². The Morgan fingerprint density at radius 3 is 2.29 bits per heavy atom. The number of rotatable bonds is 12. The van der Waals surface area contributed by atoms with E-state index in [-0.39, 0.29) is 50.5 Å². The van der Waals surface area contributed by atoms with Crippen molar-refractivity contribution in [3.05, 3.63) is 53.6 Å². The standard InChI is InChI=1S/C48H70O14/c1-27(2)22-39(51)59-30(5)46(53)20-21-48(55)45(46,7)37(61-38(50)15-14-31-12-10-9-11-13-31)26-36-44(6)18-17-33(23-32(44)16-19-47(36,48)54)60-40-24-34(49)43(29(4)58-40)62-41-25-35(56-8)42(52)28(3)57-41/h9-16,27-30,33-37,40-43,49,52-55H,17-26H2,1-8H3/t28-,29-,30+,33+,34+,35-,36-,37-,40+,41+,42-,43-,44+,45-,46-,47+,48-/m1/s1. The molecule has 0 amide bonds. The number of carbonyl (C=O) groups excluding carboxylic acids is 2. The highest BCUT2D eigenvalue weighted by Gasteiger charge is 2.81. The van der Waals surface area contributed by atoms with Gasteiger partial charge in [0.1, 0.15) is 41.2 Å². The van der Waals surface area contributed by atoms with Crippen molar-refractivity contribution >= 4 is 18.0 Å². The van der Waals surface area contributed by atoms with E-state index >= 15 is 0 Å². The van der Waals surface area contributed by atoms with Crippen LogP contribution in [0, 0.1) is 22.7 Å². The van der Waals surface area contributed by atoms with E-state index in [4.69, 9.17) is 33.2 Å². The second kappa shape index (κ2) is 17.9. The second-order valence-electron chi connectivity index (χ2n) is 19.9. The number of aliphatic hydroxyl groups excluding tert-OH is 2. The molecule has 3 saturated carbocycles. The Morgan fingerprint density at radius 1 is 0.919 bits per heavy atom. The molecule has 5 fully saturated rings. The lowest BCUT2D eigenvalue weighted by Gasteiger charge is -2.67. The fourth-order valence-corrected chi connectivity index (χ4v) is 12.2. The van der Waals surface area contributed by atoms with Gasteiger partial charge in [0, 0.05) is 38.4 Å². The SMILES string of the molecule is CO[C@@H]1C[C@H](O[C@H]2[C@@H](O)C[C@H](O[C@H]3CC[C@@]4(C)C(=CC[C@]5(O)[C@@H]4C[C@@H](OC(=O)C=Cc4ccccc4)[C@@]4(C)[C@]5(O)CC[C@@]4(O)[C@H](C)OC(=O)CC(C)C)C3)O[C@@H]2C)O[C@H](C)[C@H]1O. The Labute approximate surface area is 365 Å². The van der Waals surface area contributed by atoms with Crippen LogP contribution in [0.15, 0.2) is 48.1 Å². The van der Waals surface area contributed by atoms with Crippen molar-refractivity contribution in [1.29, 1.82) is 0 Å². The van der Waals surface area contributed by atoms with Crippen LogP contribution >= 0.6 is 0 Å². The van der Waals surface area contributed by atoms with Crippen molar-refractivity contribution in [3.63, 3.8) is 0 Å². The molecule has 6 aliphatic rings. The average molecular weight is 871 g/mol. The minimum absolute atomic E-state index is 0.00339. The van der Waals surface area contributed by atoms with E-state index in [1.54, 1.807) is 26.8 Å². The number of ether oxygens (including phenoxy) is 7. The zero-order valence-corrected chi connectivity index (χ0v) is 37.6. The molecule has 4 aliphatic carbocycles. The Hall–Kier alpha value is -2.76. The predicted octanol–water partition coefficient (Wildman–Crippen LogP) is 4.90. The molecule has 0 radical (unpaired) electrons. The first-order chi connectivity index (χ1) is 29.2. The second-order valence-corrected chi connectivity index (χ2v) is 19.9. The Kier molecular flexibility index (Phi) is 13.6. The molecule has 62 heavy (non-hydrogen) atoms. The maximum absolute atomic E-state index is 13.7. The van der Waals surface area contributed by atoms with Gasteiger partial charge in [-0.3, -0.25) is 4.79 Å². The highest BCUT2D eigenvalue weighted by molar-refractivity contribution is 5.87. The van der Waals surface area contributed by atoms with Crippen molar-refractivity contribution in [3.8, 4) is 0 Å². The van der Waals surface area contributed by atoms with Crippen LogP contribution in [0.25, 0.3) is 6.08 Å². The molecule has 1 aromatic rings. The van der Waals surface area contributed by atoms with Gasteiger partial charge in [0.15, 0.2) is 12.6 Å². The summed E-state index contributed by atoms with van der Waals surface area (Å²) in [4.78, 5) is 26.7. The Bertz CT molecular complexity index is 1810. The van der Waals surface area contributed by atoms with Gasteiger partial charge in [0.05, 0.1) is 35.9 Å². The number of hydrogen-bond donors (Lipinski definition) is 5. The average Bonchev–Trinajstić information content (AvgIpc) is 3.45. The Balaban J connectivity index is 1.10. The summed E-state index contributed by atoms with van der Waals surface area (Å²) in [7, 11) is 1.53. The lowest BCUT2D eigenvalue weighted by atomic mass is 9.42. The summed E-state index contributed by atoms with van der Waals surface area (Å²) < 4.78 is 42.5. The van der Waals surface area contributed by atoms with E-state index in [0.717, 1.165) is 11.1 Å². The maximum Gasteiger partial charge on any atom is 0.331 e. The van der Waals surface area contributed by atoms with Gasteiger partial charge in [-0.05, 0) is 88.7 Å². The molecule has 14 nitrogen and oxygen atoms in total. The zero-order chi connectivity index (χ0) is 45.0. The van der Waals surface area contributed by atoms with Gasteiger partial charge < -0.3 is 58.7 Å². The third-order valence-electron chi connectivity index (χ3n) is 15.9. The molecule has 0 aromatic heterocycles. The molecule has 2 aliphatic heterocycles. The van der Waals surface area contributed by atoms with Crippen LogP contribution < -0.4 is 0 Å². The number of hydrogen-bond acceptors (Lipinski definition) is 14. The molecule has 7 rings (SSSR count). The van der Waals surface area contributed by atoms with Crippen LogP contribution in [0.3, 0.4) is 0 Å². The first-order valence-electron chi connectivity index (χ1n) is 22.7. The first-order valence-corrected chi connectivity index (χ1v) is 22.7. The van der Waals surface area contributed by atoms with Crippen molar-refractivity contribution in [2.45, 2.75) is 197 Å². The van der Waals surface area contributed by atoms with E-state index in [9.17, 15) is 35.1 Å². The molecular weight excluding hydrogens is 801 g/mol. The normalized spacial score (nSPS) is 44.8. The number of fused-ring (bicyclic) bond motifs is 5. The molecule has 1 aromatic carbocycles. The third kappa shape index (κ3) is 8.24. The fraction of sp³-hybridized carbons (Fsp3) is 0.750. The monoisotopic (exact) mass is 870 g/mol. The van der Waals surface area contributed by atoms with Gasteiger partial charge >= 0.3 is 11.9 Å². The van der Waals surface area contributed by atoms with Crippen LogP contribution in [0.2, 0.25) is 0 Å². The van der Waals surface area contributed by atoms with Crippen molar-refractivity contribution in [2.24, 2.45) is 22.7 Å². The van der Waals surface area contributed by atoms with Crippen molar-refractivity contribution in [2.75, 3.05) is 7.11 Å². The maximum atomic E-state index is 13.7. The topological polar surface area (TPSA) is 200 Å². The summed E-state index contributed by atoms with van der Waals surface area (Å²) in [6, 6.07) is 9.32. The van der Waals surface area contributed by atoms with Gasteiger partial charge in [-0.2, -0.15) is 0 Å². The summed E-state index contributed by atoms with van der Waals surface area (Å²) in [5.41, 5.74) is -5.98. The Morgan fingerprint density at radius 2 is 1.61 bits per heavy atom. The van der Waals surface area contributed by atoms with Crippen molar-refractivity contribution < 1.29 is 68.3 Å². The summed E-state index contributed by atoms with van der Waals surface area (Å²) in [6.45, 7) is 12.7. The van der Waals surface area contributed by atoms with E-state index < -0.39 is 107 Å². The molecule has 14 heteroatoms. The predicted molar refractivity (Wildman–Crippen MR) is 226 cm³/mol. The van der Waals surface area contributed by atoms with Crippen LogP contribution in [0.1, 0.15) is 118 Å². The van der Waals surface area contributed by atoms with Crippen molar-refractivity contribution in [1.82, 2.24) is 0 Å². The number of methoxy groups -OCH3 is 1. The molecule has 5 N–H and O–H groups in total. The fourth-order valence-electron chi connectivity index (χ4n) is 12.2. The van der Waals surface area contributed by atoms with Gasteiger partial charge in [0.25, 0.3) is 0 Å². The third-order valence-corrected chi connectivity index (χ3v) is 15.9. The van der Waals surface area contributed by atoms with Gasteiger partial charge in [-0.15, -0.1) is 0 Å². The first kappa shape index (κ1) is 47.2. The van der Waals surface area contributed by atoms with E-state index in [1.807, 2.05) is 57.2 Å². The lowest BCUT2D eigenvalue weighted by molar-refractivity contribution is -0.328. The molecular formula is C48H70O14. The molecule has 17 atom stereocenters. The number of esters is 2. The minimum atomic E-state index is -1.95. The summed E-state index contributed by atoms with van der Waals surface area (Å²) in [5.74, 6) is -1.70. The quantitative estimate of drug-likeness (QED) is 0.108. The smallest absolute Gasteiger partial charge is 0.331 e. The van der Waals surface area contributed by atoms with E-state index in [2.05, 4.69) is 6.92 Å². The van der Waals surface area contributed by atoms with Crippen LogP contribution in [0.5, 0.6) is 0 Å². The molecule has 0 unspecified atom stereocenters. The number of aliphatic hydroxyl groups is 5. The number of benzene rings is 1. The summed E-state index contributed by atoms with van der Waals surface area (Å²) in [5, 5.41) is 60.7. The highest BCUT2D eigenvalue weighted by atomic mass is 16.7. The van der Waals surface area contributed by atoms with Crippen LogP contribution in [0.4, 0.5) is 0 Å². The number of carbonyl (C=O) groups is 2. The van der Waals surface area contributed by atoms with E-state index in [1.165, 1.54) is 13.2 Å². The highest BCUT2D eigenvalue weighted by Crippen LogP contribution is 2.71. The molecule has 2 saturated heterocycles. The van der Waals surface area contributed by atoms with Gasteiger partial charge in [-0.1, -0.05) is 69.7 Å². The largest absolute Gasteiger partial charge is 0.460 e. The lowest BCUT2D eigenvalue weighted by Crippen LogP contribution is -2.78. The summed E-state index contributed by atoms with van der Waals surface area (Å²) in [6.07, 6.45) is -0.162. The zero-order valence-electron chi connectivity index (χ0n) is 37.6. The molecule has 0 spiro atoms. The molecule has 0 bridgehead atoms. The van der Waals surface area contributed by atoms with Crippen LogP contribution in [-0.2, 0) is 42.7 Å². The molecule has 2 heterocycles. The molecule has 346 valence electrons. The van der Waals surface area contributed by atoms with E-state index in [0.29, 0.717) is 25.7 Å². The van der Waals surface area contributed by atoms with Gasteiger partial charge in [0.2, 0.25) is 0 Å².